The molecule has 0 rings (SSSR count). The number of hydrogen-bond acceptors (Lipinski definition) is 5. The van der Waals surface area contributed by atoms with Gasteiger partial charge in [-0.2, -0.15) is 10.5 Å². The van der Waals surface area contributed by atoms with Crippen LogP contribution in [-0.4, -0.2) is 23.7 Å². The lowest BCUT2D eigenvalue weighted by Crippen LogP contribution is -2.10. The number of aliphatic carboxylic acids is 1. The molecule has 0 radical (unpaired) electrons. The minimum atomic E-state index is -1.15. The zero-order valence-electron chi connectivity index (χ0n) is 13.4. The normalized spacial score (nSPS) is 10.1. The zero-order chi connectivity index (χ0) is 17.7. The Bertz CT molecular complexity index is 505. The fraction of sp³-hybridized carbons (Fsp3) is 0.500. The molecular formula is C16H22N2O4. The second kappa shape index (κ2) is 12.2. The van der Waals surface area contributed by atoms with Gasteiger partial charge in [0, 0.05) is 0 Å². The summed E-state index contributed by atoms with van der Waals surface area (Å²) in [6, 6.07) is 3.24. The summed E-state index contributed by atoms with van der Waals surface area (Å²) >= 11 is 0. The van der Waals surface area contributed by atoms with Crippen LogP contribution in [0.4, 0.5) is 0 Å². The third kappa shape index (κ3) is 12.4. The quantitative estimate of drug-likeness (QED) is 0.459. The highest BCUT2D eigenvalue weighted by Gasteiger charge is 2.07. The molecule has 0 atom stereocenters. The molecule has 120 valence electrons. The molecular weight excluding hydrogens is 284 g/mol. The number of esters is 1. The molecule has 0 aromatic rings. The van der Waals surface area contributed by atoms with Gasteiger partial charge in [0.05, 0.1) is 6.61 Å². The third-order valence-corrected chi connectivity index (χ3v) is 2.07. The van der Waals surface area contributed by atoms with E-state index >= 15 is 0 Å². The molecule has 22 heavy (non-hydrogen) atoms. The summed E-state index contributed by atoms with van der Waals surface area (Å²) in [4.78, 5) is 21.0. The Morgan fingerprint density at radius 2 is 1.73 bits per heavy atom. The van der Waals surface area contributed by atoms with E-state index in [0.29, 0.717) is 18.9 Å². The Morgan fingerprint density at radius 1 is 1.18 bits per heavy atom. The molecule has 0 unspecified atom stereocenters. The maximum Gasteiger partial charge on any atom is 0.348 e. The maximum absolute atomic E-state index is 10.7. The number of ether oxygens (including phenoxy) is 1. The van der Waals surface area contributed by atoms with Gasteiger partial charge in [0.2, 0.25) is 0 Å². The van der Waals surface area contributed by atoms with Gasteiger partial charge in [-0.15, -0.1) is 0 Å². The summed E-state index contributed by atoms with van der Waals surface area (Å²) in [7, 11) is 0. The minimum absolute atomic E-state index is 0.148. The van der Waals surface area contributed by atoms with Crippen LogP contribution in [0.3, 0.4) is 0 Å². The first kappa shape index (κ1) is 21.7. The molecule has 0 aliphatic heterocycles. The third-order valence-electron chi connectivity index (χ3n) is 2.07. The summed E-state index contributed by atoms with van der Waals surface area (Å²) in [6.45, 7) is 11.3. The second-order valence-electron chi connectivity index (χ2n) is 5.25. The van der Waals surface area contributed by atoms with E-state index < -0.39 is 11.9 Å². The standard InChI is InChI=1S/2C8H11NO2/c1-6(2)5-11-8(10)7(3)4-9;1-6(2)3-4-7(5-9)8(10)11/h6H,3,5H2,1-2H3;4,6H,3H2,1-2H3,(H,10,11). The van der Waals surface area contributed by atoms with Crippen molar-refractivity contribution in [3.63, 3.8) is 0 Å². The first-order chi connectivity index (χ1) is 10.1. The molecule has 0 heterocycles. The highest BCUT2D eigenvalue weighted by Crippen LogP contribution is 2.03. The van der Waals surface area contributed by atoms with Crippen LogP contribution in [0.25, 0.3) is 0 Å². The van der Waals surface area contributed by atoms with Crippen LogP contribution < -0.4 is 0 Å². The number of carbonyl (C=O) groups is 2. The van der Waals surface area contributed by atoms with E-state index in [9.17, 15) is 9.59 Å². The van der Waals surface area contributed by atoms with Crippen molar-refractivity contribution in [1.82, 2.24) is 0 Å². The van der Waals surface area contributed by atoms with E-state index in [-0.39, 0.29) is 17.1 Å². The molecule has 0 aromatic heterocycles. The number of nitriles is 2. The zero-order valence-corrected chi connectivity index (χ0v) is 13.4. The van der Waals surface area contributed by atoms with Gasteiger partial charge in [-0.1, -0.05) is 40.3 Å². The monoisotopic (exact) mass is 306 g/mol. The van der Waals surface area contributed by atoms with Crippen molar-refractivity contribution in [3.8, 4) is 12.1 Å². The fourth-order valence-electron chi connectivity index (χ4n) is 0.909. The fourth-order valence-corrected chi connectivity index (χ4v) is 0.909. The summed E-state index contributed by atoms with van der Waals surface area (Å²) < 4.78 is 4.70. The number of allylic oxidation sites excluding steroid dienone is 1. The first-order valence-corrected chi connectivity index (χ1v) is 6.75. The molecule has 0 saturated carbocycles. The number of carbonyl (C=O) groups excluding carboxylic acids is 1. The van der Waals surface area contributed by atoms with Gasteiger partial charge in [-0.3, -0.25) is 0 Å². The molecule has 0 bridgehead atoms. The predicted molar refractivity (Wildman–Crippen MR) is 81.3 cm³/mol. The van der Waals surface area contributed by atoms with E-state index in [2.05, 4.69) is 6.58 Å². The predicted octanol–water partition coefficient (Wildman–Crippen LogP) is 2.83. The highest BCUT2D eigenvalue weighted by molar-refractivity contribution is 5.92. The van der Waals surface area contributed by atoms with Crippen molar-refractivity contribution in [2.45, 2.75) is 34.1 Å². The van der Waals surface area contributed by atoms with Crippen LogP contribution in [0.15, 0.2) is 23.8 Å². The minimum Gasteiger partial charge on any atom is -0.477 e. The molecule has 1 N–H and O–H groups in total. The van der Waals surface area contributed by atoms with Crippen molar-refractivity contribution in [1.29, 1.82) is 10.5 Å². The lowest BCUT2D eigenvalue weighted by Gasteiger charge is -2.04. The first-order valence-electron chi connectivity index (χ1n) is 6.75. The van der Waals surface area contributed by atoms with Crippen molar-refractivity contribution in [2.24, 2.45) is 11.8 Å². The molecule has 6 heteroatoms. The van der Waals surface area contributed by atoms with Gasteiger partial charge in [-0.25, -0.2) is 9.59 Å². The molecule has 0 aromatic carbocycles. The lowest BCUT2D eigenvalue weighted by atomic mass is 10.1. The van der Waals surface area contributed by atoms with Crippen molar-refractivity contribution >= 4 is 11.9 Å². The number of carboxylic acids is 1. The summed E-state index contributed by atoms with van der Waals surface area (Å²) in [5, 5.41) is 24.9. The summed E-state index contributed by atoms with van der Waals surface area (Å²) in [6.07, 6.45) is 2.09. The number of rotatable bonds is 6. The van der Waals surface area contributed by atoms with Crippen molar-refractivity contribution in [3.05, 3.63) is 23.8 Å². The largest absolute Gasteiger partial charge is 0.477 e. The molecule has 0 fully saturated rings. The second-order valence-corrected chi connectivity index (χ2v) is 5.25. The number of carboxylic acid groups (broad SMARTS) is 1. The summed E-state index contributed by atoms with van der Waals surface area (Å²) in [5.41, 5.74) is -0.315. The maximum atomic E-state index is 10.7. The van der Waals surface area contributed by atoms with Crippen molar-refractivity contribution < 1.29 is 19.4 Å². The van der Waals surface area contributed by atoms with E-state index in [4.69, 9.17) is 20.4 Å². The Kier molecular flexibility index (Phi) is 12.0. The highest BCUT2D eigenvalue weighted by atomic mass is 16.5. The van der Waals surface area contributed by atoms with Crippen LogP contribution in [-0.2, 0) is 14.3 Å². The smallest absolute Gasteiger partial charge is 0.348 e. The van der Waals surface area contributed by atoms with Crippen LogP contribution in [0.2, 0.25) is 0 Å². The molecule has 0 aliphatic rings. The molecule has 0 amide bonds. The van der Waals surface area contributed by atoms with Gasteiger partial charge >= 0.3 is 11.9 Å². The lowest BCUT2D eigenvalue weighted by molar-refractivity contribution is -0.139. The van der Waals surface area contributed by atoms with Gasteiger partial charge in [0.1, 0.15) is 23.3 Å². The van der Waals surface area contributed by atoms with Gasteiger partial charge in [-0.05, 0) is 18.3 Å². The SMILES string of the molecule is C=C(C#N)C(=O)OCC(C)C.CC(C)CC=C(C#N)C(=O)O. The number of nitrogens with zero attached hydrogens (tertiary/aromatic N) is 2. The average molecular weight is 306 g/mol. The summed E-state index contributed by atoms with van der Waals surface area (Å²) in [5.74, 6) is -1.10. The van der Waals surface area contributed by atoms with Crippen LogP contribution >= 0.6 is 0 Å². The Balaban J connectivity index is 0. The van der Waals surface area contributed by atoms with Crippen molar-refractivity contribution in [2.75, 3.05) is 6.61 Å². The Morgan fingerprint density at radius 3 is 2.05 bits per heavy atom. The van der Waals surface area contributed by atoms with Gasteiger partial charge in [0.25, 0.3) is 0 Å². The average Bonchev–Trinajstić information content (AvgIpc) is 2.44. The topological polar surface area (TPSA) is 111 Å². The Hall–Kier alpha value is -2.60. The van der Waals surface area contributed by atoms with E-state index in [1.165, 1.54) is 6.08 Å². The van der Waals surface area contributed by atoms with Gasteiger partial charge in [0.15, 0.2) is 0 Å². The molecule has 0 spiro atoms. The van der Waals surface area contributed by atoms with Crippen LogP contribution in [0.5, 0.6) is 0 Å². The molecule has 6 nitrogen and oxygen atoms in total. The Labute approximate surface area is 131 Å². The van der Waals surface area contributed by atoms with Crippen LogP contribution in [0.1, 0.15) is 34.1 Å². The molecule has 0 aliphatic carbocycles. The number of hydrogen-bond donors (Lipinski definition) is 1. The van der Waals surface area contributed by atoms with E-state index in [0.717, 1.165) is 0 Å². The van der Waals surface area contributed by atoms with E-state index in [1.807, 2.05) is 27.7 Å². The molecule has 0 saturated heterocycles. The van der Waals surface area contributed by atoms with Gasteiger partial charge < -0.3 is 9.84 Å². The van der Waals surface area contributed by atoms with E-state index in [1.54, 1.807) is 12.1 Å². The van der Waals surface area contributed by atoms with Crippen LogP contribution in [0, 0.1) is 34.5 Å².